The van der Waals surface area contributed by atoms with Crippen LogP contribution in [0, 0.1) is 0 Å². The molecule has 106 valence electrons. The van der Waals surface area contributed by atoms with E-state index in [1.807, 2.05) is 19.0 Å². The minimum atomic E-state index is -0.380. The Morgan fingerprint density at radius 3 is 2.65 bits per heavy atom. The van der Waals surface area contributed by atoms with Crippen molar-refractivity contribution in [2.75, 3.05) is 20.6 Å². The lowest BCUT2D eigenvalue weighted by Gasteiger charge is -2.06. The van der Waals surface area contributed by atoms with Crippen molar-refractivity contribution < 1.29 is 18.7 Å². The summed E-state index contributed by atoms with van der Waals surface area (Å²) >= 11 is 0. The van der Waals surface area contributed by atoms with E-state index >= 15 is 0 Å². The number of carbonyl (C=O) groups is 2. The molecular formula is C15H17NO4. The zero-order chi connectivity index (χ0) is 14.7. The van der Waals surface area contributed by atoms with Crippen molar-refractivity contribution in [1.82, 2.24) is 4.90 Å². The van der Waals surface area contributed by atoms with E-state index in [0.29, 0.717) is 30.1 Å². The first kappa shape index (κ1) is 14.3. The summed E-state index contributed by atoms with van der Waals surface area (Å²) < 4.78 is 10.5. The first-order chi connectivity index (χ1) is 9.45. The number of esters is 1. The van der Waals surface area contributed by atoms with Gasteiger partial charge in [-0.3, -0.25) is 9.59 Å². The van der Waals surface area contributed by atoms with Crippen LogP contribution >= 0.6 is 0 Å². The second-order valence-corrected chi connectivity index (χ2v) is 4.88. The predicted octanol–water partition coefficient (Wildman–Crippen LogP) is 2.49. The average molecular weight is 275 g/mol. The second-order valence-electron chi connectivity index (χ2n) is 4.88. The summed E-state index contributed by atoms with van der Waals surface area (Å²) in [6.45, 7) is 2.02. The van der Waals surface area contributed by atoms with Gasteiger partial charge in [0.05, 0.1) is 0 Å². The van der Waals surface area contributed by atoms with Crippen LogP contribution in [-0.4, -0.2) is 37.3 Å². The number of Topliss-reactive ketones (excluding diaryl/α,β-unsaturated/α-hetero) is 1. The summed E-state index contributed by atoms with van der Waals surface area (Å²) in [6.07, 6.45) is 0.406. The zero-order valence-electron chi connectivity index (χ0n) is 11.8. The summed E-state index contributed by atoms with van der Waals surface area (Å²) in [7, 11) is 3.83. The first-order valence-corrected chi connectivity index (χ1v) is 6.35. The normalized spacial score (nSPS) is 11.0. The monoisotopic (exact) mass is 275 g/mol. The largest absolute Gasteiger partial charge is 0.453 e. The minimum absolute atomic E-state index is 0.0380. The van der Waals surface area contributed by atoms with E-state index in [4.69, 9.17) is 9.15 Å². The molecule has 1 aromatic heterocycles. The van der Waals surface area contributed by atoms with E-state index in [-0.39, 0.29) is 11.8 Å². The van der Waals surface area contributed by atoms with Gasteiger partial charge >= 0.3 is 5.97 Å². The van der Waals surface area contributed by atoms with Crippen LogP contribution in [0.2, 0.25) is 0 Å². The Hall–Kier alpha value is -2.14. The fourth-order valence-corrected chi connectivity index (χ4v) is 1.84. The molecule has 1 aromatic carbocycles. The van der Waals surface area contributed by atoms with Gasteiger partial charge in [-0.2, -0.15) is 0 Å². The summed E-state index contributed by atoms with van der Waals surface area (Å²) in [4.78, 5) is 24.8. The number of rotatable bonds is 5. The molecule has 5 heteroatoms. The van der Waals surface area contributed by atoms with Crippen LogP contribution in [0.5, 0.6) is 5.75 Å². The highest BCUT2D eigenvalue weighted by Crippen LogP contribution is 2.25. The van der Waals surface area contributed by atoms with Crippen LogP contribution in [0.3, 0.4) is 0 Å². The predicted molar refractivity (Wildman–Crippen MR) is 75.0 cm³/mol. The van der Waals surface area contributed by atoms with Crippen LogP contribution in [-0.2, 0) is 4.79 Å². The number of furan rings is 1. The smallest absolute Gasteiger partial charge is 0.308 e. The Labute approximate surface area is 117 Å². The lowest BCUT2D eigenvalue weighted by atomic mass is 10.2. The van der Waals surface area contributed by atoms with Gasteiger partial charge in [-0.05, 0) is 38.4 Å². The number of ketones is 1. The van der Waals surface area contributed by atoms with Crippen molar-refractivity contribution in [2.24, 2.45) is 0 Å². The van der Waals surface area contributed by atoms with E-state index in [0.717, 1.165) is 5.39 Å². The highest BCUT2D eigenvalue weighted by Gasteiger charge is 2.13. The van der Waals surface area contributed by atoms with E-state index in [1.165, 1.54) is 6.92 Å². The van der Waals surface area contributed by atoms with E-state index in [9.17, 15) is 9.59 Å². The third kappa shape index (κ3) is 3.45. The van der Waals surface area contributed by atoms with Crippen molar-refractivity contribution in [3.63, 3.8) is 0 Å². The Balaban J connectivity index is 2.20. The lowest BCUT2D eigenvalue weighted by Crippen LogP contribution is -2.16. The van der Waals surface area contributed by atoms with Gasteiger partial charge in [0.15, 0.2) is 11.5 Å². The van der Waals surface area contributed by atoms with Gasteiger partial charge in [0.25, 0.3) is 0 Å². The van der Waals surface area contributed by atoms with Crippen LogP contribution in [0.4, 0.5) is 0 Å². The molecule has 2 rings (SSSR count). The molecular weight excluding hydrogens is 258 g/mol. The Morgan fingerprint density at radius 2 is 2.00 bits per heavy atom. The number of fused-ring (bicyclic) bond motifs is 1. The third-order valence-electron chi connectivity index (χ3n) is 2.81. The average Bonchev–Trinajstić information content (AvgIpc) is 2.78. The summed E-state index contributed by atoms with van der Waals surface area (Å²) in [6, 6.07) is 6.70. The molecule has 0 fully saturated rings. The molecule has 0 saturated heterocycles. The Kier molecular flexibility index (Phi) is 4.20. The van der Waals surface area contributed by atoms with Gasteiger partial charge < -0.3 is 14.1 Å². The molecule has 0 amide bonds. The summed E-state index contributed by atoms with van der Waals surface area (Å²) in [5.74, 6) is 0.360. The third-order valence-corrected chi connectivity index (χ3v) is 2.81. The van der Waals surface area contributed by atoms with Crippen LogP contribution in [0.1, 0.15) is 23.9 Å². The van der Waals surface area contributed by atoms with E-state index in [1.54, 1.807) is 24.3 Å². The van der Waals surface area contributed by atoms with Gasteiger partial charge in [-0.15, -0.1) is 0 Å². The molecule has 0 spiro atoms. The highest BCUT2D eigenvalue weighted by molar-refractivity contribution is 5.97. The number of carbonyl (C=O) groups excluding carboxylic acids is 2. The van der Waals surface area contributed by atoms with Crippen molar-refractivity contribution in [2.45, 2.75) is 13.3 Å². The molecule has 0 saturated carbocycles. The Morgan fingerprint density at radius 1 is 1.25 bits per heavy atom. The number of benzene rings is 1. The van der Waals surface area contributed by atoms with Crippen LogP contribution in [0.25, 0.3) is 11.0 Å². The maximum absolute atomic E-state index is 12.0. The van der Waals surface area contributed by atoms with Gasteiger partial charge in [0.2, 0.25) is 0 Å². The zero-order valence-corrected chi connectivity index (χ0v) is 11.8. The molecule has 1 heterocycles. The summed E-state index contributed by atoms with van der Waals surface area (Å²) in [5.41, 5.74) is 0.606. The van der Waals surface area contributed by atoms with E-state index < -0.39 is 0 Å². The number of hydrogen-bond acceptors (Lipinski definition) is 5. The van der Waals surface area contributed by atoms with Crippen molar-refractivity contribution in [3.8, 4) is 5.75 Å². The Bertz CT molecular complexity index is 642. The quantitative estimate of drug-likeness (QED) is 0.476. The van der Waals surface area contributed by atoms with Crippen molar-refractivity contribution in [1.29, 1.82) is 0 Å². The lowest BCUT2D eigenvalue weighted by molar-refractivity contribution is -0.131. The molecule has 0 unspecified atom stereocenters. The maximum Gasteiger partial charge on any atom is 0.308 e. The molecule has 0 radical (unpaired) electrons. The SMILES string of the molecule is CC(=O)Oc1ccc2oc(C(=O)CCN(C)C)cc2c1. The van der Waals surface area contributed by atoms with Gasteiger partial charge in [0, 0.05) is 25.3 Å². The van der Waals surface area contributed by atoms with Gasteiger partial charge in [-0.25, -0.2) is 0 Å². The number of ether oxygens (including phenoxy) is 1. The van der Waals surface area contributed by atoms with Gasteiger partial charge in [0.1, 0.15) is 11.3 Å². The molecule has 0 N–H and O–H groups in total. The molecule has 0 aliphatic heterocycles. The number of nitrogens with zero attached hydrogens (tertiary/aromatic N) is 1. The molecule has 20 heavy (non-hydrogen) atoms. The van der Waals surface area contributed by atoms with Crippen molar-refractivity contribution >= 4 is 22.7 Å². The molecule has 0 bridgehead atoms. The van der Waals surface area contributed by atoms with Crippen molar-refractivity contribution in [3.05, 3.63) is 30.0 Å². The van der Waals surface area contributed by atoms with E-state index in [2.05, 4.69) is 0 Å². The molecule has 0 aliphatic carbocycles. The fraction of sp³-hybridized carbons (Fsp3) is 0.333. The molecule has 0 aliphatic rings. The molecule has 5 nitrogen and oxygen atoms in total. The topological polar surface area (TPSA) is 59.8 Å². The highest BCUT2D eigenvalue weighted by atomic mass is 16.5. The minimum Gasteiger partial charge on any atom is -0.453 e. The molecule has 2 aromatic rings. The maximum atomic E-state index is 12.0. The van der Waals surface area contributed by atoms with Crippen LogP contribution in [0.15, 0.2) is 28.7 Å². The van der Waals surface area contributed by atoms with Gasteiger partial charge in [-0.1, -0.05) is 0 Å². The number of hydrogen-bond donors (Lipinski definition) is 0. The first-order valence-electron chi connectivity index (χ1n) is 6.35. The molecule has 0 atom stereocenters. The summed E-state index contributed by atoms with van der Waals surface area (Å²) in [5, 5.41) is 0.747. The standard InChI is InChI=1S/C15H17NO4/c1-10(17)19-12-4-5-14-11(8-12)9-15(20-14)13(18)6-7-16(2)3/h4-5,8-9H,6-7H2,1-3H3. The van der Waals surface area contributed by atoms with Crippen LogP contribution < -0.4 is 4.74 Å². The second kappa shape index (κ2) is 5.88. The fourth-order valence-electron chi connectivity index (χ4n) is 1.84.